The monoisotopic (exact) mass is 485 g/mol. The van der Waals surface area contributed by atoms with Gasteiger partial charge in [-0.3, -0.25) is 0 Å². The summed E-state index contributed by atoms with van der Waals surface area (Å²) in [5.74, 6) is 0. The second-order valence-electron chi connectivity index (χ2n) is 8.25. The Bertz CT molecular complexity index is 1650. The third-order valence-electron chi connectivity index (χ3n) is 6.00. The van der Waals surface area contributed by atoms with Gasteiger partial charge in [-0.25, -0.2) is 9.50 Å². The van der Waals surface area contributed by atoms with Crippen molar-refractivity contribution in [2.75, 3.05) is 0 Å². The van der Waals surface area contributed by atoms with Crippen LogP contribution in [0.25, 0.3) is 38.1 Å². The molecular weight excluding hydrogens is 467 g/mol. The van der Waals surface area contributed by atoms with Gasteiger partial charge < -0.3 is 0 Å². The van der Waals surface area contributed by atoms with Gasteiger partial charge in [0, 0.05) is 6.42 Å². The summed E-state index contributed by atoms with van der Waals surface area (Å²) in [5.41, 5.74) is 2.59. The van der Waals surface area contributed by atoms with E-state index in [2.05, 4.69) is 5.10 Å². The summed E-state index contributed by atoms with van der Waals surface area (Å²) >= 11 is 1.36. The van der Waals surface area contributed by atoms with Crippen molar-refractivity contribution in [1.82, 2.24) is 14.6 Å². The molecule has 3 nitrogen and oxygen atoms in total. The standard InChI is InChI=1S/C28H18F3N3S/c29-28(30,31)25-17-22(24-14-7-15-35-24)32-27-26(21-13-6-11-19-10-4-5-12-20(19)21)23(33-34(25)27)16-18-8-2-1-3-9-18/h1-15,17H,16H2. The molecule has 0 radical (unpaired) electrons. The van der Waals surface area contributed by atoms with Crippen LogP contribution in [0.5, 0.6) is 0 Å². The quantitative estimate of drug-likeness (QED) is 0.254. The maximum Gasteiger partial charge on any atom is 0.433 e. The number of hydrogen-bond donors (Lipinski definition) is 0. The van der Waals surface area contributed by atoms with Crippen LogP contribution in [0.3, 0.4) is 0 Å². The van der Waals surface area contributed by atoms with Crippen molar-refractivity contribution < 1.29 is 13.2 Å². The van der Waals surface area contributed by atoms with Gasteiger partial charge in [-0.15, -0.1) is 11.3 Å². The van der Waals surface area contributed by atoms with E-state index >= 15 is 0 Å². The Morgan fingerprint density at radius 1 is 0.829 bits per heavy atom. The lowest BCUT2D eigenvalue weighted by atomic mass is 9.96. The van der Waals surface area contributed by atoms with E-state index in [0.29, 0.717) is 22.6 Å². The maximum atomic E-state index is 14.3. The highest BCUT2D eigenvalue weighted by molar-refractivity contribution is 7.13. The summed E-state index contributed by atoms with van der Waals surface area (Å²) in [7, 11) is 0. The van der Waals surface area contributed by atoms with E-state index in [1.807, 2.05) is 84.2 Å². The largest absolute Gasteiger partial charge is 0.433 e. The van der Waals surface area contributed by atoms with Crippen LogP contribution < -0.4 is 0 Å². The van der Waals surface area contributed by atoms with Gasteiger partial charge in [-0.05, 0) is 39.4 Å². The molecule has 0 spiro atoms. The number of thiophene rings is 1. The van der Waals surface area contributed by atoms with E-state index in [-0.39, 0.29) is 11.3 Å². The van der Waals surface area contributed by atoms with Gasteiger partial charge in [0.05, 0.1) is 21.8 Å². The second kappa shape index (κ2) is 8.36. The van der Waals surface area contributed by atoms with Gasteiger partial charge in [0.1, 0.15) is 0 Å². The molecule has 0 aliphatic rings. The molecule has 3 aromatic heterocycles. The molecule has 0 amide bonds. The smallest absolute Gasteiger partial charge is 0.227 e. The summed E-state index contributed by atoms with van der Waals surface area (Å²) in [5, 5.41) is 8.29. The number of hydrogen-bond acceptors (Lipinski definition) is 3. The minimum Gasteiger partial charge on any atom is -0.227 e. The first-order valence-electron chi connectivity index (χ1n) is 11.0. The summed E-state index contributed by atoms with van der Waals surface area (Å²) in [4.78, 5) is 5.42. The van der Waals surface area contributed by atoms with Crippen molar-refractivity contribution in [2.24, 2.45) is 0 Å². The molecule has 3 heterocycles. The molecule has 0 fully saturated rings. The molecule has 35 heavy (non-hydrogen) atoms. The van der Waals surface area contributed by atoms with E-state index in [1.165, 1.54) is 11.3 Å². The molecule has 0 unspecified atom stereocenters. The molecular formula is C28H18F3N3S. The molecule has 3 aromatic carbocycles. The number of benzene rings is 3. The van der Waals surface area contributed by atoms with E-state index in [9.17, 15) is 13.2 Å². The summed E-state index contributed by atoms with van der Waals surface area (Å²) < 4.78 is 43.8. The number of alkyl halides is 3. The van der Waals surface area contributed by atoms with Crippen LogP contribution in [0, 0.1) is 0 Å². The molecule has 0 atom stereocenters. The Morgan fingerprint density at radius 3 is 2.37 bits per heavy atom. The molecule has 7 heteroatoms. The summed E-state index contributed by atoms with van der Waals surface area (Å²) in [6, 6.07) is 28.0. The topological polar surface area (TPSA) is 30.2 Å². The van der Waals surface area contributed by atoms with Crippen molar-refractivity contribution in [2.45, 2.75) is 12.6 Å². The van der Waals surface area contributed by atoms with Crippen LogP contribution in [0.4, 0.5) is 13.2 Å². The lowest BCUT2D eigenvalue weighted by Gasteiger charge is -2.11. The van der Waals surface area contributed by atoms with Crippen LogP contribution in [0.1, 0.15) is 17.0 Å². The van der Waals surface area contributed by atoms with E-state index in [4.69, 9.17) is 4.98 Å². The fraction of sp³-hybridized carbons (Fsp3) is 0.0714. The van der Waals surface area contributed by atoms with Gasteiger partial charge in [-0.2, -0.15) is 18.3 Å². The van der Waals surface area contributed by atoms with Gasteiger partial charge in [0.25, 0.3) is 0 Å². The highest BCUT2D eigenvalue weighted by atomic mass is 32.1. The van der Waals surface area contributed by atoms with Gasteiger partial charge in [0.2, 0.25) is 0 Å². The highest BCUT2D eigenvalue weighted by Crippen LogP contribution is 2.39. The lowest BCUT2D eigenvalue weighted by molar-refractivity contribution is -0.142. The first-order chi connectivity index (χ1) is 17.0. The van der Waals surface area contributed by atoms with Crippen LogP contribution in [-0.4, -0.2) is 14.6 Å². The second-order valence-corrected chi connectivity index (χ2v) is 9.20. The molecule has 0 bridgehead atoms. The maximum absolute atomic E-state index is 14.3. The lowest BCUT2D eigenvalue weighted by Crippen LogP contribution is -2.13. The number of fused-ring (bicyclic) bond motifs is 2. The zero-order valence-corrected chi connectivity index (χ0v) is 19.1. The predicted octanol–water partition coefficient (Wildman–Crippen LogP) is 7.89. The molecule has 0 N–H and O–H groups in total. The Labute approximate surface area is 203 Å². The predicted molar refractivity (Wildman–Crippen MR) is 133 cm³/mol. The van der Waals surface area contributed by atoms with Crippen molar-refractivity contribution in [3.63, 3.8) is 0 Å². The normalized spacial score (nSPS) is 12.0. The van der Waals surface area contributed by atoms with Crippen LogP contribution in [-0.2, 0) is 12.6 Å². The van der Waals surface area contributed by atoms with Crippen LogP contribution >= 0.6 is 11.3 Å². The van der Waals surface area contributed by atoms with E-state index in [1.54, 1.807) is 6.07 Å². The van der Waals surface area contributed by atoms with Crippen molar-refractivity contribution in [3.8, 4) is 21.7 Å². The number of halogens is 3. The third-order valence-corrected chi connectivity index (χ3v) is 6.89. The minimum absolute atomic E-state index is 0.200. The molecule has 6 aromatic rings. The van der Waals surface area contributed by atoms with Crippen molar-refractivity contribution >= 4 is 27.8 Å². The van der Waals surface area contributed by atoms with Gasteiger partial charge in [-0.1, -0.05) is 78.9 Å². The van der Waals surface area contributed by atoms with E-state index in [0.717, 1.165) is 32.5 Å². The first-order valence-corrected chi connectivity index (χ1v) is 11.9. The Balaban J connectivity index is 1.72. The SMILES string of the molecule is FC(F)(F)c1cc(-c2cccs2)nc2c(-c3cccc4ccccc34)c(Cc3ccccc3)nn12. The Hall–Kier alpha value is -3.97. The minimum atomic E-state index is -4.60. The average molecular weight is 486 g/mol. The number of rotatable bonds is 4. The number of nitrogens with zero attached hydrogens (tertiary/aromatic N) is 3. The summed E-state index contributed by atoms with van der Waals surface area (Å²) in [6.45, 7) is 0. The van der Waals surface area contributed by atoms with Gasteiger partial charge >= 0.3 is 6.18 Å². The molecule has 172 valence electrons. The average Bonchev–Trinajstić information content (AvgIpc) is 3.51. The fourth-order valence-electron chi connectivity index (χ4n) is 4.45. The van der Waals surface area contributed by atoms with Crippen LogP contribution in [0.15, 0.2) is 96.4 Å². The first kappa shape index (κ1) is 21.6. The van der Waals surface area contributed by atoms with Crippen LogP contribution in [0.2, 0.25) is 0 Å². The zero-order chi connectivity index (χ0) is 24.0. The number of aromatic nitrogens is 3. The molecule has 0 saturated heterocycles. The third kappa shape index (κ3) is 3.88. The van der Waals surface area contributed by atoms with Gasteiger partial charge in [0.15, 0.2) is 11.3 Å². The highest BCUT2D eigenvalue weighted by Gasteiger charge is 2.36. The molecule has 0 aliphatic heterocycles. The molecule has 0 saturated carbocycles. The molecule has 6 rings (SSSR count). The Kier molecular flexibility index (Phi) is 5.15. The Morgan fingerprint density at radius 2 is 1.60 bits per heavy atom. The van der Waals surface area contributed by atoms with E-state index < -0.39 is 11.9 Å². The van der Waals surface area contributed by atoms with Crippen molar-refractivity contribution in [1.29, 1.82) is 0 Å². The molecule has 0 aliphatic carbocycles. The summed E-state index contributed by atoms with van der Waals surface area (Å²) in [6.07, 6.45) is -4.21. The van der Waals surface area contributed by atoms with Crippen molar-refractivity contribution in [3.05, 3.63) is 113 Å². The zero-order valence-electron chi connectivity index (χ0n) is 18.3. The fourth-order valence-corrected chi connectivity index (χ4v) is 5.13.